The van der Waals surface area contributed by atoms with Crippen molar-refractivity contribution in [1.82, 2.24) is 14.7 Å². The zero-order valence-corrected chi connectivity index (χ0v) is 18.3. The van der Waals surface area contributed by atoms with Crippen LogP contribution in [-0.4, -0.2) is 40.8 Å². The van der Waals surface area contributed by atoms with Crippen LogP contribution in [0.3, 0.4) is 0 Å². The number of nitrogens with zero attached hydrogens (tertiary/aromatic N) is 3. The Morgan fingerprint density at radius 2 is 2.00 bits per heavy atom. The van der Waals surface area contributed by atoms with E-state index in [-0.39, 0.29) is 11.8 Å². The van der Waals surface area contributed by atoms with Crippen molar-refractivity contribution in [2.24, 2.45) is 5.92 Å². The van der Waals surface area contributed by atoms with Crippen LogP contribution in [0.2, 0.25) is 0 Å². The average Bonchev–Trinajstić information content (AvgIpc) is 3.27. The van der Waals surface area contributed by atoms with Gasteiger partial charge in [0.15, 0.2) is 0 Å². The monoisotopic (exact) mass is 418 g/mol. The quantitative estimate of drug-likeness (QED) is 0.617. The Morgan fingerprint density at radius 3 is 2.74 bits per heavy atom. The fourth-order valence-electron chi connectivity index (χ4n) is 4.18. The number of likely N-dealkylation sites (tertiary alicyclic amines) is 1. The number of rotatable bonds is 7. The summed E-state index contributed by atoms with van der Waals surface area (Å²) in [6.07, 6.45) is 5.97. The number of benzene rings is 2. The smallest absolute Gasteiger partial charge is 0.228 e. The molecule has 1 N–H and O–H groups in total. The summed E-state index contributed by atoms with van der Waals surface area (Å²) < 4.78 is 7.20. The van der Waals surface area contributed by atoms with Crippen LogP contribution in [0.1, 0.15) is 25.3 Å². The van der Waals surface area contributed by atoms with E-state index in [2.05, 4.69) is 28.4 Å². The third-order valence-electron chi connectivity index (χ3n) is 5.88. The van der Waals surface area contributed by atoms with Crippen molar-refractivity contribution >= 4 is 11.6 Å². The van der Waals surface area contributed by atoms with E-state index in [9.17, 15) is 4.79 Å². The predicted molar refractivity (Wildman–Crippen MR) is 123 cm³/mol. The number of hydrogen-bond acceptors (Lipinski definition) is 4. The van der Waals surface area contributed by atoms with E-state index in [0.29, 0.717) is 0 Å². The number of para-hydroxylation sites is 1. The third-order valence-corrected chi connectivity index (χ3v) is 5.88. The molecule has 31 heavy (non-hydrogen) atoms. The largest absolute Gasteiger partial charge is 0.497 e. The lowest BCUT2D eigenvalue weighted by Crippen LogP contribution is -2.40. The Morgan fingerprint density at radius 1 is 1.19 bits per heavy atom. The van der Waals surface area contributed by atoms with Crippen LogP contribution in [-0.2, 0) is 17.9 Å². The molecule has 1 saturated heterocycles. The minimum absolute atomic E-state index is 0.0149. The molecule has 1 fully saturated rings. The lowest BCUT2D eigenvalue weighted by Gasteiger charge is -2.31. The molecule has 162 valence electrons. The highest BCUT2D eigenvalue weighted by molar-refractivity contribution is 5.97. The molecule has 6 nitrogen and oxygen atoms in total. The third kappa shape index (κ3) is 5.14. The van der Waals surface area contributed by atoms with E-state index in [1.165, 1.54) is 5.56 Å². The average molecular weight is 419 g/mol. The highest BCUT2D eigenvalue weighted by Crippen LogP contribution is 2.30. The van der Waals surface area contributed by atoms with Gasteiger partial charge in [0.05, 0.1) is 19.2 Å². The first kappa shape index (κ1) is 21.1. The SMILES string of the molecule is CCn1cc(CN2CCC[C@H](C(=O)Nc3ccccc3-c3ccc(OC)cc3)C2)cn1. The molecular weight excluding hydrogens is 388 g/mol. The number of carbonyl (C=O) groups excluding carboxylic acids is 1. The van der Waals surface area contributed by atoms with Gasteiger partial charge in [-0.3, -0.25) is 14.4 Å². The lowest BCUT2D eigenvalue weighted by atomic mass is 9.96. The molecule has 3 aromatic rings. The lowest BCUT2D eigenvalue weighted by molar-refractivity contribution is -0.121. The number of anilines is 1. The van der Waals surface area contributed by atoms with Gasteiger partial charge in [0.25, 0.3) is 0 Å². The Kier molecular flexibility index (Phi) is 6.67. The molecule has 0 spiro atoms. The second-order valence-electron chi connectivity index (χ2n) is 8.04. The van der Waals surface area contributed by atoms with Gasteiger partial charge in [-0.05, 0) is 50.1 Å². The summed E-state index contributed by atoms with van der Waals surface area (Å²) in [6, 6.07) is 15.9. The molecule has 1 atom stereocenters. The summed E-state index contributed by atoms with van der Waals surface area (Å²) in [5.74, 6) is 0.894. The molecule has 4 rings (SSSR count). The van der Waals surface area contributed by atoms with Crippen LogP contribution in [0.15, 0.2) is 60.9 Å². The van der Waals surface area contributed by atoms with Gasteiger partial charge >= 0.3 is 0 Å². The zero-order chi connectivity index (χ0) is 21.6. The number of nitrogens with one attached hydrogen (secondary N) is 1. The summed E-state index contributed by atoms with van der Waals surface area (Å²) in [5.41, 5.74) is 4.11. The number of aromatic nitrogens is 2. The second-order valence-corrected chi connectivity index (χ2v) is 8.04. The molecular formula is C25H30N4O2. The number of carbonyl (C=O) groups is 1. The minimum atomic E-state index is -0.0149. The van der Waals surface area contributed by atoms with E-state index < -0.39 is 0 Å². The molecule has 0 unspecified atom stereocenters. The topological polar surface area (TPSA) is 59.4 Å². The summed E-state index contributed by atoms with van der Waals surface area (Å²) >= 11 is 0. The molecule has 6 heteroatoms. The zero-order valence-electron chi connectivity index (χ0n) is 18.3. The van der Waals surface area contributed by atoms with Crippen LogP contribution in [0.25, 0.3) is 11.1 Å². The molecule has 2 heterocycles. The standard InChI is InChI=1S/C25H30N4O2/c1-3-29-17-19(15-26-29)16-28-14-6-7-21(18-28)25(30)27-24-9-5-4-8-23(24)20-10-12-22(31-2)13-11-20/h4-5,8-13,15,17,21H,3,6-7,14,16,18H2,1-2H3,(H,27,30)/t21-/m0/s1. The summed E-state index contributed by atoms with van der Waals surface area (Å²) in [7, 11) is 1.66. The number of ether oxygens (including phenoxy) is 1. The van der Waals surface area contributed by atoms with Crippen LogP contribution >= 0.6 is 0 Å². The predicted octanol–water partition coefficient (Wildman–Crippen LogP) is 4.43. The van der Waals surface area contributed by atoms with Crippen molar-refractivity contribution in [3.8, 4) is 16.9 Å². The van der Waals surface area contributed by atoms with Gasteiger partial charge in [-0.25, -0.2) is 0 Å². The molecule has 2 aromatic carbocycles. The molecule has 1 aliphatic rings. The first-order valence-corrected chi connectivity index (χ1v) is 10.9. The Labute approximate surface area is 183 Å². The van der Waals surface area contributed by atoms with Crippen molar-refractivity contribution in [1.29, 1.82) is 0 Å². The number of piperidine rings is 1. The van der Waals surface area contributed by atoms with E-state index in [1.807, 2.05) is 59.4 Å². The Hall–Kier alpha value is -3.12. The summed E-state index contributed by atoms with van der Waals surface area (Å²) in [6.45, 7) is 5.59. The van der Waals surface area contributed by atoms with E-state index in [4.69, 9.17) is 4.74 Å². The van der Waals surface area contributed by atoms with Crippen molar-refractivity contribution in [2.45, 2.75) is 32.9 Å². The van der Waals surface area contributed by atoms with Gasteiger partial charge < -0.3 is 10.1 Å². The first-order valence-electron chi connectivity index (χ1n) is 10.9. The van der Waals surface area contributed by atoms with Gasteiger partial charge in [-0.2, -0.15) is 5.10 Å². The van der Waals surface area contributed by atoms with Gasteiger partial charge in [-0.15, -0.1) is 0 Å². The van der Waals surface area contributed by atoms with E-state index >= 15 is 0 Å². The van der Waals surface area contributed by atoms with Crippen LogP contribution in [0.5, 0.6) is 5.75 Å². The van der Waals surface area contributed by atoms with Crippen molar-refractivity contribution < 1.29 is 9.53 Å². The molecule has 0 aliphatic carbocycles. The van der Waals surface area contributed by atoms with Crippen molar-refractivity contribution in [2.75, 3.05) is 25.5 Å². The molecule has 1 amide bonds. The maximum atomic E-state index is 13.1. The van der Waals surface area contributed by atoms with Gasteiger partial charge in [-0.1, -0.05) is 30.3 Å². The minimum Gasteiger partial charge on any atom is -0.497 e. The van der Waals surface area contributed by atoms with E-state index in [0.717, 1.165) is 61.6 Å². The van der Waals surface area contributed by atoms with Crippen molar-refractivity contribution in [3.63, 3.8) is 0 Å². The highest BCUT2D eigenvalue weighted by atomic mass is 16.5. The van der Waals surface area contributed by atoms with Crippen LogP contribution in [0.4, 0.5) is 5.69 Å². The van der Waals surface area contributed by atoms with Gasteiger partial charge in [0.2, 0.25) is 5.91 Å². The normalized spacial score (nSPS) is 16.8. The van der Waals surface area contributed by atoms with E-state index in [1.54, 1.807) is 7.11 Å². The van der Waals surface area contributed by atoms with Crippen LogP contribution < -0.4 is 10.1 Å². The number of hydrogen-bond donors (Lipinski definition) is 1. The molecule has 0 saturated carbocycles. The first-order chi connectivity index (χ1) is 15.2. The molecule has 1 aromatic heterocycles. The van der Waals surface area contributed by atoms with Crippen molar-refractivity contribution in [3.05, 3.63) is 66.5 Å². The Bertz CT molecular complexity index is 1010. The van der Waals surface area contributed by atoms with Gasteiger partial charge in [0.1, 0.15) is 5.75 Å². The maximum Gasteiger partial charge on any atom is 0.228 e. The second kappa shape index (κ2) is 9.79. The Balaban J connectivity index is 1.43. The highest BCUT2D eigenvalue weighted by Gasteiger charge is 2.26. The molecule has 0 bridgehead atoms. The fourth-order valence-corrected chi connectivity index (χ4v) is 4.18. The molecule has 0 radical (unpaired) electrons. The number of aryl methyl sites for hydroxylation is 1. The van der Waals surface area contributed by atoms with Crippen LogP contribution in [0, 0.1) is 5.92 Å². The fraction of sp³-hybridized carbons (Fsp3) is 0.360. The molecule has 1 aliphatic heterocycles. The number of methoxy groups -OCH3 is 1. The summed E-state index contributed by atoms with van der Waals surface area (Å²) in [5, 5.41) is 7.55. The van der Waals surface area contributed by atoms with Gasteiger partial charge in [0, 0.05) is 42.6 Å². The maximum absolute atomic E-state index is 13.1. The number of amides is 1. The summed E-state index contributed by atoms with van der Waals surface area (Å²) in [4.78, 5) is 15.5.